The molecule has 0 saturated carbocycles. The maximum Gasteiger partial charge on any atom is 0.254 e. The second kappa shape index (κ2) is 4.66. The Morgan fingerprint density at radius 2 is 1.85 bits per heavy atom. The third-order valence-corrected chi connectivity index (χ3v) is 5.04. The molecule has 1 fully saturated rings. The molecule has 0 N–H and O–H groups in total. The van der Waals surface area contributed by atoms with E-state index in [1.807, 2.05) is 0 Å². The molecule has 0 unspecified atom stereocenters. The highest BCUT2D eigenvalue weighted by Gasteiger charge is 2.37. The number of likely N-dealkylation sites (tertiary alicyclic amines) is 1. The molecule has 6 nitrogen and oxygen atoms in total. The first-order chi connectivity index (χ1) is 9.45. The number of fused-ring (bicyclic) bond motifs is 1. The van der Waals surface area contributed by atoms with E-state index < -0.39 is 15.1 Å². The average Bonchev–Trinajstić information content (AvgIpc) is 2.34. The van der Waals surface area contributed by atoms with Crippen LogP contribution in [0, 0.1) is 0 Å². The number of sulfone groups is 1. The largest absolute Gasteiger partial charge is 0.486 e. The fourth-order valence-electron chi connectivity index (χ4n) is 2.23. The molecule has 3 rings (SSSR count). The summed E-state index contributed by atoms with van der Waals surface area (Å²) < 4.78 is 33.5. The number of rotatable bonds is 2. The standard InChI is InChI=1S/C13H15NO5S/c1-20(16,17)10-7-14(8-10)13(15)9-2-3-11-12(6-9)19-5-4-18-11/h2-3,6,10H,4-5,7-8H2,1H3. The van der Waals surface area contributed by atoms with Crippen molar-refractivity contribution < 1.29 is 22.7 Å². The van der Waals surface area contributed by atoms with Gasteiger partial charge in [0.05, 0.1) is 5.25 Å². The summed E-state index contributed by atoms with van der Waals surface area (Å²) in [6.45, 7) is 1.48. The molecule has 0 atom stereocenters. The van der Waals surface area contributed by atoms with Gasteiger partial charge in [-0.15, -0.1) is 0 Å². The third kappa shape index (κ3) is 2.33. The zero-order chi connectivity index (χ0) is 14.3. The van der Waals surface area contributed by atoms with Crippen LogP contribution in [0.4, 0.5) is 0 Å². The van der Waals surface area contributed by atoms with Crippen molar-refractivity contribution in [2.24, 2.45) is 0 Å². The summed E-state index contributed by atoms with van der Waals surface area (Å²) in [5.41, 5.74) is 0.487. The van der Waals surface area contributed by atoms with Gasteiger partial charge in [-0.25, -0.2) is 8.42 Å². The van der Waals surface area contributed by atoms with E-state index in [9.17, 15) is 13.2 Å². The lowest BCUT2D eigenvalue weighted by Crippen LogP contribution is -2.56. The molecule has 1 amide bonds. The van der Waals surface area contributed by atoms with Crippen molar-refractivity contribution >= 4 is 15.7 Å². The Morgan fingerprint density at radius 1 is 1.20 bits per heavy atom. The van der Waals surface area contributed by atoms with Gasteiger partial charge < -0.3 is 14.4 Å². The molecule has 1 saturated heterocycles. The van der Waals surface area contributed by atoms with E-state index in [-0.39, 0.29) is 19.0 Å². The summed E-state index contributed by atoms with van der Waals surface area (Å²) in [6.07, 6.45) is 1.20. The van der Waals surface area contributed by atoms with E-state index in [0.717, 1.165) is 0 Å². The lowest BCUT2D eigenvalue weighted by molar-refractivity contribution is 0.0658. The van der Waals surface area contributed by atoms with Crippen molar-refractivity contribution in [3.05, 3.63) is 23.8 Å². The van der Waals surface area contributed by atoms with E-state index in [2.05, 4.69) is 0 Å². The Hall–Kier alpha value is -1.76. The van der Waals surface area contributed by atoms with Crippen LogP contribution in [-0.2, 0) is 9.84 Å². The topological polar surface area (TPSA) is 72.9 Å². The maximum absolute atomic E-state index is 12.2. The van der Waals surface area contributed by atoms with Crippen LogP contribution >= 0.6 is 0 Å². The van der Waals surface area contributed by atoms with Crippen LogP contribution in [0.15, 0.2) is 18.2 Å². The molecule has 0 aliphatic carbocycles. The number of ether oxygens (including phenoxy) is 2. The van der Waals surface area contributed by atoms with Gasteiger partial charge in [-0.3, -0.25) is 4.79 Å². The highest BCUT2D eigenvalue weighted by Crippen LogP contribution is 2.31. The van der Waals surface area contributed by atoms with Crippen LogP contribution in [-0.4, -0.2) is 57.0 Å². The number of amides is 1. The monoisotopic (exact) mass is 297 g/mol. The molecule has 2 heterocycles. The fourth-order valence-corrected chi connectivity index (χ4v) is 3.14. The quantitative estimate of drug-likeness (QED) is 0.786. The molecular formula is C13H15NO5S. The van der Waals surface area contributed by atoms with Crippen LogP contribution in [0.25, 0.3) is 0 Å². The first-order valence-electron chi connectivity index (χ1n) is 6.33. The van der Waals surface area contributed by atoms with Gasteiger partial charge in [-0.1, -0.05) is 0 Å². The first-order valence-corrected chi connectivity index (χ1v) is 8.28. The number of nitrogens with zero attached hydrogens (tertiary/aromatic N) is 1. The van der Waals surface area contributed by atoms with Gasteiger partial charge in [0.25, 0.3) is 5.91 Å². The molecule has 2 aliphatic heterocycles. The van der Waals surface area contributed by atoms with Crippen LogP contribution in [0.5, 0.6) is 11.5 Å². The lowest BCUT2D eigenvalue weighted by Gasteiger charge is -2.38. The molecule has 7 heteroatoms. The van der Waals surface area contributed by atoms with Gasteiger partial charge in [0.1, 0.15) is 13.2 Å². The molecule has 2 aliphatic rings. The SMILES string of the molecule is CS(=O)(=O)C1CN(C(=O)c2ccc3c(c2)OCCO3)C1. The molecule has 20 heavy (non-hydrogen) atoms. The summed E-state index contributed by atoms with van der Waals surface area (Å²) in [5.74, 6) is 1.01. The van der Waals surface area contributed by atoms with Crippen LogP contribution in [0.2, 0.25) is 0 Å². The Bertz CT molecular complexity index is 649. The van der Waals surface area contributed by atoms with Crippen LogP contribution < -0.4 is 9.47 Å². The number of carbonyl (C=O) groups is 1. The summed E-state index contributed by atoms with van der Waals surface area (Å²) in [7, 11) is -3.07. The number of hydrogen-bond donors (Lipinski definition) is 0. The van der Waals surface area contributed by atoms with Crippen molar-refractivity contribution in [1.29, 1.82) is 0 Å². The highest BCUT2D eigenvalue weighted by atomic mass is 32.2. The minimum absolute atomic E-state index is 0.179. The molecule has 0 spiro atoms. The van der Waals surface area contributed by atoms with E-state index in [1.165, 1.54) is 11.2 Å². The van der Waals surface area contributed by atoms with Crippen LogP contribution in [0.3, 0.4) is 0 Å². The second-order valence-electron chi connectivity index (χ2n) is 5.02. The zero-order valence-corrected chi connectivity index (χ0v) is 11.9. The molecule has 108 valence electrons. The fraction of sp³-hybridized carbons (Fsp3) is 0.462. The molecule has 0 aromatic heterocycles. The van der Waals surface area contributed by atoms with Crippen molar-refractivity contribution in [2.45, 2.75) is 5.25 Å². The van der Waals surface area contributed by atoms with E-state index in [1.54, 1.807) is 18.2 Å². The average molecular weight is 297 g/mol. The Balaban J connectivity index is 1.73. The van der Waals surface area contributed by atoms with Gasteiger partial charge in [0.2, 0.25) is 0 Å². The summed E-state index contributed by atoms with van der Waals surface area (Å²) in [4.78, 5) is 13.7. The maximum atomic E-state index is 12.2. The first kappa shape index (κ1) is 13.2. The third-order valence-electron chi connectivity index (χ3n) is 3.53. The summed E-state index contributed by atoms with van der Waals surface area (Å²) in [5, 5.41) is -0.441. The molecule has 1 aromatic carbocycles. The van der Waals surface area contributed by atoms with Crippen molar-refractivity contribution in [2.75, 3.05) is 32.6 Å². The normalized spacial score (nSPS) is 18.6. The van der Waals surface area contributed by atoms with Crippen LogP contribution in [0.1, 0.15) is 10.4 Å². The van der Waals surface area contributed by atoms with E-state index in [0.29, 0.717) is 30.3 Å². The molecule has 1 aromatic rings. The van der Waals surface area contributed by atoms with E-state index in [4.69, 9.17) is 9.47 Å². The molecular weight excluding hydrogens is 282 g/mol. The zero-order valence-electron chi connectivity index (χ0n) is 11.0. The van der Waals surface area contributed by atoms with Crippen molar-refractivity contribution in [1.82, 2.24) is 4.90 Å². The predicted molar refractivity (Wildman–Crippen MR) is 72.0 cm³/mol. The Morgan fingerprint density at radius 3 is 2.50 bits per heavy atom. The smallest absolute Gasteiger partial charge is 0.254 e. The van der Waals surface area contributed by atoms with Crippen molar-refractivity contribution in [3.8, 4) is 11.5 Å². The molecule has 0 radical (unpaired) electrons. The Labute approximate surface area is 117 Å². The Kier molecular flexibility index (Phi) is 3.08. The van der Waals surface area contributed by atoms with Gasteiger partial charge in [-0.2, -0.15) is 0 Å². The minimum atomic E-state index is -3.07. The second-order valence-corrected chi connectivity index (χ2v) is 7.35. The predicted octanol–water partition coefficient (Wildman–Crippen LogP) is 0.327. The van der Waals surface area contributed by atoms with E-state index >= 15 is 0 Å². The molecule has 0 bridgehead atoms. The minimum Gasteiger partial charge on any atom is -0.486 e. The highest BCUT2D eigenvalue weighted by molar-refractivity contribution is 7.91. The number of benzene rings is 1. The number of hydrogen-bond acceptors (Lipinski definition) is 5. The van der Waals surface area contributed by atoms with Gasteiger partial charge in [0, 0.05) is 24.9 Å². The number of carbonyl (C=O) groups excluding carboxylic acids is 1. The lowest BCUT2D eigenvalue weighted by atomic mass is 10.1. The summed E-state index contributed by atoms with van der Waals surface area (Å²) in [6, 6.07) is 5.02. The van der Waals surface area contributed by atoms with Gasteiger partial charge in [0.15, 0.2) is 21.3 Å². The summed E-state index contributed by atoms with van der Waals surface area (Å²) >= 11 is 0. The van der Waals surface area contributed by atoms with Crippen molar-refractivity contribution in [3.63, 3.8) is 0 Å². The van der Waals surface area contributed by atoms with Gasteiger partial charge in [-0.05, 0) is 18.2 Å². The van der Waals surface area contributed by atoms with Gasteiger partial charge >= 0.3 is 0 Å².